The van der Waals surface area contributed by atoms with Crippen molar-refractivity contribution >= 4 is 28.3 Å². The fraction of sp³-hybridized carbons (Fsp3) is 0.111. The average molecular weight is 440 g/mol. The van der Waals surface area contributed by atoms with Gasteiger partial charge in [0, 0.05) is 11.6 Å². The molecule has 0 aliphatic carbocycles. The minimum absolute atomic E-state index is 0.310. The number of hydrogen-bond acceptors (Lipinski definition) is 4. The largest absolute Gasteiger partial charge is 0.497 e. The number of para-hydroxylation sites is 2. The summed E-state index contributed by atoms with van der Waals surface area (Å²) < 4.78 is 11.2. The number of fused-ring (bicyclic) bond motifs is 1. The van der Waals surface area contributed by atoms with Crippen LogP contribution in [0.3, 0.4) is 0 Å². The van der Waals surface area contributed by atoms with Crippen LogP contribution in [0.1, 0.15) is 17.3 Å². The Hall–Kier alpha value is -4.32. The zero-order chi connectivity index (χ0) is 23.2. The Morgan fingerprint density at radius 3 is 2.36 bits per heavy atom. The summed E-state index contributed by atoms with van der Waals surface area (Å²) in [6, 6.07) is 26.7. The molecule has 0 spiro atoms. The second kappa shape index (κ2) is 9.87. The maximum atomic E-state index is 12.9. The van der Waals surface area contributed by atoms with E-state index >= 15 is 0 Å². The zero-order valence-electron chi connectivity index (χ0n) is 18.4. The highest BCUT2D eigenvalue weighted by Gasteiger charge is 2.19. The zero-order valence-corrected chi connectivity index (χ0v) is 18.4. The van der Waals surface area contributed by atoms with Crippen LogP contribution in [0.5, 0.6) is 17.2 Å². The van der Waals surface area contributed by atoms with E-state index in [1.54, 1.807) is 50.4 Å². The molecule has 0 saturated heterocycles. The summed E-state index contributed by atoms with van der Waals surface area (Å²) in [5.74, 6) is 1.06. The number of carbonyl (C=O) groups excluding carboxylic acids is 2. The maximum absolute atomic E-state index is 12.9. The molecule has 0 radical (unpaired) electrons. The van der Waals surface area contributed by atoms with Crippen molar-refractivity contribution in [2.24, 2.45) is 0 Å². The molecule has 33 heavy (non-hydrogen) atoms. The lowest BCUT2D eigenvalue weighted by Crippen LogP contribution is -2.41. The predicted octanol–water partition coefficient (Wildman–Crippen LogP) is 5.40. The predicted molar refractivity (Wildman–Crippen MR) is 129 cm³/mol. The van der Waals surface area contributed by atoms with Crippen LogP contribution in [0.2, 0.25) is 0 Å². The molecule has 166 valence electrons. The van der Waals surface area contributed by atoms with Gasteiger partial charge in [-0.3, -0.25) is 9.59 Å². The Labute approximate surface area is 192 Å². The highest BCUT2D eigenvalue weighted by atomic mass is 16.5. The van der Waals surface area contributed by atoms with Gasteiger partial charge in [0.1, 0.15) is 17.5 Å². The second-order valence-electron chi connectivity index (χ2n) is 7.49. The molecule has 0 aromatic heterocycles. The normalized spacial score (nSPS) is 11.5. The molecular formula is C27H24N2O4. The van der Waals surface area contributed by atoms with E-state index < -0.39 is 6.04 Å². The Balaban J connectivity index is 1.46. The molecule has 2 amide bonds. The monoisotopic (exact) mass is 440 g/mol. The van der Waals surface area contributed by atoms with Crippen LogP contribution in [0, 0.1) is 0 Å². The van der Waals surface area contributed by atoms with E-state index in [0.717, 1.165) is 10.8 Å². The lowest BCUT2D eigenvalue weighted by Gasteiger charge is -2.17. The van der Waals surface area contributed by atoms with E-state index in [2.05, 4.69) is 10.6 Å². The topological polar surface area (TPSA) is 76.7 Å². The van der Waals surface area contributed by atoms with Crippen LogP contribution in [0.15, 0.2) is 91.0 Å². The van der Waals surface area contributed by atoms with Crippen LogP contribution in [0.25, 0.3) is 10.8 Å². The van der Waals surface area contributed by atoms with Gasteiger partial charge in [0.15, 0.2) is 5.75 Å². The van der Waals surface area contributed by atoms with E-state index in [4.69, 9.17) is 9.47 Å². The molecular weight excluding hydrogens is 416 g/mol. The van der Waals surface area contributed by atoms with Gasteiger partial charge in [-0.2, -0.15) is 0 Å². The number of nitrogens with one attached hydrogen (secondary N) is 2. The minimum Gasteiger partial charge on any atom is -0.497 e. The fourth-order valence-corrected chi connectivity index (χ4v) is 3.45. The first kappa shape index (κ1) is 21.9. The number of hydrogen-bond donors (Lipinski definition) is 2. The molecule has 2 N–H and O–H groups in total. The SMILES string of the molecule is COc1cccc(Oc2ccccc2NC(=O)[C@H](C)NC(=O)c2cccc3ccccc23)c1. The van der Waals surface area contributed by atoms with E-state index in [0.29, 0.717) is 28.5 Å². The molecule has 4 aromatic rings. The summed E-state index contributed by atoms with van der Waals surface area (Å²) in [5, 5.41) is 7.43. The van der Waals surface area contributed by atoms with Crippen molar-refractivity contribution in [1.82, 2.24) is 5.32 Å². The van der Waals surface area contributed by atoms with Crippen LogP contribution in [0.4, 0.5) is 5.69 Å². The summed E-state index contributed by atoms with van der Waals surface area (Å²) in [4.78, 5) is 25.7. The molecule has 0 aliphatic rings. The second-order valence-corrected chi connectivity index (χ2v) is 7.49. The molecule has 0 fully saturated rings. The Morgan fingerprint density at radius 1 is 0.818 bits per heavy atom. The third-order valence-corrected chi connectivity index (χ3v) is 5.19. The first-order valence-corrected chi connectivity index (χ1v) is 10.6. The van der Waals surface area contributed by atoms with Crippen LogP contribution >= 0.6 is 0 Å². The number of benzene rings is 4. The molecule has 0 aliphatic heterocycles. The maximum Gasteiger partial charge on any atom is 0.252 e. The number of carbonyl (C=O) groups is 2. The van der Waals surface area contributed by atoms with Gasteiger partial charge in [-0.15, -0.1) is 0 Å². The van der Waals surface area contributed by atoms with Crippen LogP contribution in [-0.4, -0.2) is 25.0 Å². The number of ether oxygens (including phenoxy) is 2. The van der Waals surface area contributed by atoms with Gasteiger partial charge in [-0.25, -0.2) is 0 Å². The molecule has 4 aromatic carbocycles. The third kappa shape index (κ3) is 5.13. The van der Waals surface area contributed by atoms with Gasteiger partial charge in [0.05, 0.1) is 12.8 Å². The van der Waals surface area contributed by atoms with Gasteiger partial charge >= 0.3 is 0 Å². The lowest BCUT2D eigenvalue weighted by atomic mass is 10.0. The highest BCUT2D eigenvalue weighted by molar-refractivity contribution is 6.09. The number of methoxy groups -OCH3 is 1. The summed E-state index contributed by atoms with van der Waals surface area (Å²) in [6.45, 7) is 1.64. The summed E-state index contributed by atoms with van der Waals surface area (Å²) in [7, 11) is 1.58. The lowest BCUT2D eigenvalue weighted by molar-refractivity contribution is -0.117. The van der Waals surface area contributed by atoms with Crippen molar-refractivity contribution in [1.29, 1.82) is 0 Å². The molecule has 0 bridgehead atoms. The Morgan fingerprint density at radius 2 is 1.52 bits per heavy atom. The Kier molecular flexibility index (Phi) is 6.55. The highest BCUT2D eigenvalue weighted by Crippen LogP contribution is 2.31. The van der Waals surface area contributed by atoms with Crippen molar-refractivity contribution in [3.63, 3.8) is 0 Å². The standard InChI is InChI=1S/C27H24N2O4/c1-18(28-27(31)23-14-7-10-19-9-3-4-13-22(19)23)26(30)29-24-15-5-6-16-25(24)33-21-12-8-11-20(17-21)32-2/h3-18H,1-2H3,(H,28,31)(H,29,30)/t18-/m0/s1. The molecule has 6 heteroatoms. The van der Waals surface area contributed by atoms with Gasteiger partial charge in [0.25, 0.3) is 5.91 Å². The first-order chi connectivity index (χ1) is 16.0. The molecule has 0 unspecified atom stereocenters. The van der Waals surface area contributed by atoms with Crippen molar-refractivity contribution in [2.45, 2.75) is 13.0 Å². The molecule has 0 heterocycles. The number of amides is 2. The third-order valence-electron chi connectivity index (χ3n) is 5.19. The van der Waals surface area contributed by atoms with Gasteiger partial charge in [0.2, 0.25) is 5.91 Å². The van der Waals surface area contributed by atoms with E-state index in [-0.39, 0.29) is 11.8 Å². The summed E-state index contributed by atoms with van der Waals surface area (Å²) >= 11 is 0. The molecule has 0 saturated carbocycles. The fourth-order valence-electron chi connectivity index (χ4n) is 3.45. The van der Waals surface area contributed by atoms with E-state index in [1.807, 2.05) is 54.6 Å². The van der Waals surface area contributed by atoms with Crippen LogP contribution < -0.4 is 20.1 Å². The van der Waals surface area contributed by atoms with Crippen LogP contribution in [-0.2, 0) is 4.79 Å². The van der Waals surface area contributed by atoms with E-state index in [1.165, 1.54) is 0 Å². The van der Waals surface area contributed by atoms with Crippen molar-refractivity contribution < 1.29 is 19.1 Å². The van der Waals surface area contributed by atoms with Gasteiger partial charge in [-0.1, -0.05) is 54.6 Å². The van der Waals surface area contributed by atoms with Gasteiger partial charge in [-0.05, 0) is 48.0 Å². The van der Waals surface area contributed by atoms with Crippen molar-refractivity contribution in [3.05, 3.63) is 96.6 Å². The minimum atomic E-state index is -0.763. The van der Waals surface area contributed by atoms with Crippen molar-refractivity contribution in [3.8, 4) is 17.2 Å². The quantitative estimate of drug-likeness (QED) is 0.404. The number of anilines is 1. The molecule has 4 rings (SSSR count). The molecule has 1 atom stereocenters. The van der Waals surface area contributed by atoms with Crippen molar-refractivity contribution in [2.75, 3.05) is 12.4 Å². The van der Waals surface area contributed by atoms with Gasteiger partial charge < -0.3 is 20.1 Å². The number of rotatable bonds is 7. The van der Waals surface area contributed by atoms with E-state index in [9.17, 15) is 9.59 Å². The average Bonchev–Trinajstić information content (AvgIpc) is 2.84. The Bertz CT molecular complexity index is 1300. The summed E-state index contributed by atoms with van der Waals surface area (Å²) in [6.07, 6.45) is 0. The summed E-state index contributed by atoms with van der Waals surface area (Å²) in [5.41, 5.74) is 1.02. The first-order valence-electron chi connectivity index (χ1n) is 10.6. The molecule has 6 nitrogen and oxygen atoms in total. The smallest absolute Gasteiger partial charge is 0.252 e.